The summed E-state index contributed by atoms with van der Waals surface area (Å²) in [6.07, 6.45) is 0. The summed E-state index contributed by atoms with van der Waals surface area (Å²) in [4.78, 5) is 13.1. The predicted octanol–water partition coefficient (Wildman–Crippen LogP) is 7.06. The zero-order valence-electron chi connectivity index (χ0n) is 16.9. The average molecular weight is 401 g/mol. The lowest BCUT2D eigenvalue weighted by atomic mass is 10.2. The van der Waals surface area contributed by atoms with E-state index in [2.05, 4.69) is 39.2 Å². The van der Waals surface area contributed by atoms with Gasteiger partial charge in [0.2, 0.25) is 0 Å². The lowest BCUT2D eigenvalue weighted by molar-refractivity contribution is 0.0697. The van der Waals surface area contributed by atoms with Gasteiger partial charge in [-0.25, -0.2) is 4.79 Å². The maximum atomic E-state index is 10.9. The number of hydrogen-bond donors (Lipinski definition) is 1. The number of benzene rings is 3. The third-order valence-electron chi connectivity index (χ3n) is 4.50. The van der Waals surface area contributed by atoms with E-state index in [0.29, 0.717) is 17.1 Å². The van der Waals surface area contributed by atoms with Crippen molar-refractivity contribution in [1.29, 1.82) is 0 Å². The second-order valence-electron chi connectivity index (χ2n) is 6.46. The number of azo groups is 2. The van der Waals surface area contributed by atoms with Crippen LogP contribution >= 0.6 is 0 Å². The second-order valence-corrected chi connectivity index (χ2v) is 6.46. The van der Waals surface area contributed by atoms with Crippen LogP contribution in [-0.4, -0.2) is 24.2 Å². The van der Waals surface area contributed by atoms with Crippen molar-refractivity contribution in [3.05, 3.63) is 78.4 Å². The fourth-order valence-corrected chi connectivity index (χ4v) is 2.81. The van der Waals surface area contributed by atoms with E-state index in [4.69, 9.17) is 5.11 Å². The highest BCUT2D eigenvalue weighted by Gasteiger charge is 2.02. The van der Waals surface area contributed by atoms with E-state index in [1.807, 2.05) is 36.4 Å². The van der Waals surface area contributed by atoms with Crippen molar-refractivity contribution >= 4 is 34.4 Å². The molecule has 7 heteroatoms. The Morgan fingerprint density at radius 1 is 0.667 bits per heavy atom. The largest absolute Gasteiger partial charge is 0.478 e. The molecular weight excluding hydrogens is 378 g/mol. The first kappa shape index (κ1) is 20.9. The standard InChI is InChI=1S/C23H23N5O2/c1-3-28(4-2)22-15-13-21(14-16-22)27-26-20-11-9-19(10-12-20)25-24-18-7-5-17(6-8-18)23(29)30/h5-16H,3-4H2,1-2H3,(H,29,30). The van der Waals surface area contributed by atoms with E-state index in [1.54, 1.807) is 24.3 Å². The fraction of sp³-hybridized carbons (Fsp3) is 0.174. The van der Waals surface area contributed by atoms with Gasteiger partial charge < -0.3 is 10.0 Å². The molecule has 0 spiro atoms. The minimum absolute atomic E-state index is 0.214. The van der Waals surface area contributed by atoms with Crippen molar-refractivity contribution in [3.63, 3.8) is 0 Å². The van der Waals surface area contributed by atoms with Crippen LogP contribution in [0.1, 0.15) is 24.2 Å². The molecule has 0 atom stereocenters. The topological polar surface area (TPSA) is 90.0 Å². The first-order chi connectivity index (χ1) is 14.6. The summed E-state index contributed by atoms with van der Waals surface area (Å²) < 4.78 is 0. The molecule has 0 radical (unpaired) electrons. The number of anilines is 1. The normalized spacial score (nSPS) is 11.3. The van der Waals surface area contributed by atoms with Gasteiger partial charge in [0.15, 0.2) is 0 Å². The quantitative estimate of drug-likeness (QED) is 0.410. The number of aromatic carboxylic acids is 1. The van der Waals surface area contributed by atoms with Gasteiger partial charge in [-0.2, -0.15) is 20.5 Å². The summed E-state index contributed by atoms with van der Waals surface area (Å²) in [7, 11) is 0. The minimum Gasteiger partial charge on any atom is -0.478 e. The first-order valence-electron chi connectivity index (χ1n) is 9.71. The Hall–Kier alpha value is -3.87. The van der Waals surface area contributed by atoms with E-state index >= 15 is 0 Å². The van der Waals surface area contributed by atoms with Crippen molar-refractivity contribution in [2.45, 2.75) is 13.8 Å². The Balaban J connectivity index is 1.62. The molecule has 0 amide bonds. The number of rotatable bonds is 8. The summed E-state index contributed by atoms with van der Waals surface area (Å²) in [6.45, 7) is 6.20. The van der Waals surface area contributed by atoms with Crippen LogP contribution in [0.15, 0.2) is 93.3 Å². The molecule has 0 aliphatic carbocycles. The molecule has 7 nitrogen and oxygen atoms in total. The van der Waals surface area contributed by atoms with Crippen molar-refractivity contribution in [3.8, 4) is 0 Å². The Morgan fingerprint density at radius 3 is 1.33 bits per heavy atom. The van der Waals surface area contributed by atoms with Gasteiger partial charge in [0.05, 0.1) is 28.3 Å². The summed E-state index contributed by atoms with van der Waals surface area (Å²) in [5.74, 6) is -0.969. The van der Waals surface area contributed by atoms with Gasteiger partial charge in [-0.3, -0.25) is 0 Å². The van der Waals surface area contributed by atoms with E-state index in [1.165, 1.54) is 17.8 Å². The Bertz CT molecular complexity index is 1020. The van der Waals surface area contributed by atoms with Gasteiger partial charge in [-0.15, -0.1) is 0 Å². The van der Waals surface area contributed by atoms with Crippen molar-refractivity contribution < 1.29 is 9.90 Å². The molecule has 0 aliphatic heterocycles. The first-order valence-corrected chi connectivity index (χ1v) is 9.71. The second kappa shape index (κ2) is 10.1. The summed E-state index contributed by atoms with van der Waals surface area (Å²) in [5, 5.41) is 25.7. The van der Waals surface area contributed by atoms with Gasteiger partial charge in [0.25, 0.3) is 0 Å². The van der Waals surface area contributed by atoms with Crippen molar-refractivity contribution in [2.24, 2.45) is 20.5 Å². The monoisotopic (exact) mass is 401 g/mol. The molecule has 0 unspecified atom stereocenters. The van der Waals surface area contributed by atoms with Crippen LogP contribution in [0.4, 0.5) is 28.4 Å². The molecular formula is C23H23N5O2. The molecule has 30 heavy (non-hydrogen) atoms. The van der Waals surface area contributed by atoms with Crippen LogP contribution in [0.25, 0.3) is 0 Å². The van der Waals surface area contributed by atoms with Gasteiger partial charge in [-0.1, -0.05) is 0 Å². The number of carbonyl (C=O) groups is 1. The van der Waals surface area contributed by atoms with Crippen LogP contribution in [0.5, 0.6) is 0 Å². The van der Waals surface area contributed by atoms with Crippen LogP contribution in [-0.2, 0) is 0 Å². The van der Waals surface area contributed by atoms with E-state index in [-0.39, 0.29) is 5.56 Å². The predicted molar refractivity (Wildman–Crippen MR) is 118 cm³/mol. The highest BCUT2D eigenvalue weighted by Crippen LogP contribution is 2.25. The van der Waals surface area contributed by atoms with E-state index in [9.17, 15) is 4.79 Å². The third-order valence-corrected chi connectivity index (χ3v) is 4.50. The van der Waals surface area contributed by atoms with Crippen LogP contribution in [0.3, 0.4) is 0 Å². The molecule has 0 heterocycles. The van der Waals surface area contributed by atoms with Crippen molar-refractivity contribution in [2.75, 3.05) is 18.0 Å². The molecule has 3 aromatic rings. The maximum absolute atomic E-state index is 10.9. The van der Waals surface area contributed by atoms with Gasteiger partial charge in [-0.05, 0) is 86.6 Å². The number of carboxylic acids is 1. The van der Waals surface area contributed by atoms with Gasteiger partial charge >= 0.3 is 5.97 Å². The molecule has 0 aromatic heterocycles. The molecule has 0 aliphatic rings. The van der Waals surface area contributed by atoms with Crippen molar-refractivity contribution in [1.82, 2.24) is 0 Å². The fourth-order valence-electron chi connectivity index (χ4n) is 2.81. The molecule has 1 N–H and O–H groups in total. The highest BCUT2D eigenvalue weighted by atomic mass is 16.4. The summed E-state index contributed by atoms with van der Waals surface area (Å²) in [6, 6.07) is 21.4. The zero-order valence-corrected chi connectivity index (χ0v) is 16.9. The third kappa shape index (κ3) is 5.57. The minimum atomic E-state index is -0.969. The Kier molecular flexibility index (Phi) is 7.00. The number of carboxylic acid groups (broad SMARTS) is 1. The smallest absolute Gasteiger partial charge is 0.335 e. The van der Waals surface area contributed by atoms with E-state index in [0.717, 1.165) is 18.8 Å². The molecule has 0 saturated carbocycles. The van der Waals surface area contributed by atoms with Gasteiger partial charge in [0.1, 0.15) is 0 Å². The molecule has 3 aromatic carbocycles. The molecule has 0 fully saturated rings. The molecule has 3 rings (SSSR count). The summed E-state index contributed by atoms with van der Waals surface area (Å²) >= 11 is 0. The SMILES string of the molecule is CCN(CC)c1ccc(N=Nc2ccc(N=Nc3ccc(C(=O)O)cc3)cc2)cc1. The lowest BCUT2D eigenvalue weighted by Gasteiger charge is -2.20. The number of hydrogen-bond acceptors (Lipinski definition) is 6. The summed E-state index contributed by atoms with van der Waals surface area (Å²) in [5.41, 5.74) is 4.14. The average Bonchev–Trinajstić information content (AvgIpc) is 2.79. The zero-order chi connectivity index (χ0) is 21.3. The molecule has 0 bridgehead atoms. The molecule has 152 valence electrons. The Labute approximate surface area is 175 Å². The Morgan fingerprint density at radius 2 is 1.00 bits per heavy atom. The van der Waals surface area contributed by atoms with Crippen LogP contribution in [0, 0.1) is 0 Å². The lowest BCUT2D eigenvalue weighted by Crippen LogP contribution is -2.21. The molecule has 0 saturated heterocycles. The maximum Gasteiger partial charge on any atom is 0.335 e. The van der Waals surface area contributed by atoms with Crippen LogP contribution < -0.4 is 4.90 Å². The van der Waals surface area contributed by atoms with Crippen LogP contribution in [0.2, 0.25) is 0 Å². The highest BCUT2D eigenvalue weighted by molar-refractivity contribution is 5.87. The van der Waals surface area contributed by atoms with Gasteiger partial charge in [0, 0.05) is 18.8 Å². The van der Waals surface area contributed by atoms with E-state index < -0.39 is 5.97 Å². The number of nitrogens with zero attached hydrogens (tertiary/aromatic N) is 5.